The van der Waals surface area contributed by atoms with Crippen LogP contribution in [0.25, 0.3) is 0 Å². The van der Waals surface area contributed by atoms with Crippen molar-refractivity contribution in [2.45, 2.75) is 19.8 Å². The van der Waals surface area contributed by atoms with E-state index in [9.17, 15) is 28.8 Å². The molecule has 0 bridgehead atoms. The predicted molar refractivity (Wildman–Crippen MR) is 170 cm³/mol. The van der Waals surface area contributed by atoms with Gasteiger partial charge in [-0.25, -0.2) is 43.7 Å². The Labute approximate surface area is 296 Å². The second-order valence-electron chi connectivity index (χ2n) is 10.4. The number of benzene rings is 3. The van der Waals surface area contributed by atoms with Gasteiger partial charge in [-0.2, -0.15) is 14.4 Å². The summed E-state index contributed by atoms with van der Waals surface area (Å²) in [5.41, 5.74) is -1.57. The van der Waals surface area contributed by atoms with Gasteiger partial charge in [0.25, 0.3) is 0 Å². The third-order valence-electron chi connectivity index (χ3n) is 6.74. The molecule has 0 aromatic heterocycles. The maximum absolute atomic E-state index is 12.4. The predicted octanol–water partition coefficient (Wildman–Crippen LogP) is 5.57. The van der Waals surface area contributed by atoms with Gasteiger partial charge in [-0.1, -0.05) is 31.5 Å². The van der Waals surface area contributed by atoms with Crippen LogP contribution >= 0.6 is 0 Å². The summed E-state index contributed by atoms with van der Waals surface area (Å²) in [4.78, 5) is 101. The van der Waals surface area contributed by atoms with Crippen molar-refractivity contribution in [1.82, 2.24) is 0 Å². The fourth-order valence-corrected chi connectivity index (χ4v) is 4.19. The molecule has 0 saturated heterocycles. The van der Waals surface area contributed by atoms with Crippen molar-refractivity contribution in [2.75, 3.05) is 41.2 Å². The molecule has 18 heteroatoms. The van der Waals surface area contributed by atoms with E-state index in [0.29, 0.717) is 23.7 Å². The molecule has 278 valence electrons. The van der Waals surface area contributed by atoms with Crippen LogP contribution in [0.5, 0.6) is 17.2 Å². The zero-order valence-electron chi connectivity index (χ0n) is 28.3. The summed E-state index contributed by atoms with van der Waals surface area (Å²) in [6.45, 7) is -0.329. The van der Waals surface area contributed by atoms with E-state index in [1.807, 2.05) is 0 Å². The van der Waals surface area contributed by atoms with Crippen LogP contribution in [0, 0.1) is 5.41 Å². The molecule has 0 unspecified atom stereocenters. The van der Waals surface area contributed by atoms with Crippen LogP contribution in [0.4, 0.5) is 14.4 Å². The number of carbonyl (C=O) groups is 6. The molecule has 3 aromatic carbocycles. The number of methoxy groups -OCH3 is 3. The Balaban J connectivity index is 1.64. The van der Waals surface area contributed by atoms with Gasteiger partial charge in [0.1, 0.15) is 37.1 Å². The summed E-state index contributed by atoms with van der Waals surface area (Å²) in [5.74, 6) is -2.16. The quantitative estimate of drug-likeness (QED) is 0.0857. The van der Waals surface area contributed by atoms with E-state index in [2.05, 4.69) is 29.3 Å². The topological polar surface area (TPSA) is 213 Å². The summed E-state index contributed by atoms with van der Waals surface area (Å²) in [6, 6.07) is 17.3. The van der Waals surface area contributed by atoms with E-state index in [1.165, 1.54) is 75.9 Å². The minimum Gasteiger partial charge on any atom is -0.497 e. The summed E-state index contributed by atoms with van der Waals surface area (Å²) >= 11 is 0. The van der Waals surface area contributed by atoms with E-state index in [1.54, 1.807) is 25.1 Å². The Hall–Kier alpha value is -6.72. The molecule has 0 fully saturated rings. The normalized spacial score (nSPS) is 10.4. The molecule has 0 spiro atoms. The molecule has 18 nitrogen and oxygen atoms in total. The molecule has 0 radical (unpaired) electrons. The number of hydrogen-bond donors (Lipinski definition) is 0. The van der Waals surface area contributed by atoms with Crippen LogP contribution in [0.15, 0.2) is 72.8 Å². The van der Waals surface area contributed by atoms with Gasteiger partial charge in [0.15, 0.2) is 0 Å². The second kappa shape index (κ2) is 20.1. The lowest BCUT2D eigenvalue weighted by Gasteiger charge is -2.30. The van der Waals surface area contributed by atoms with Crippen molar-refractivity contribution in [2.24, 2.45) is 5.41 Å². The molecule has 52 heavy (non-hydrogen) atoms. The van der Waals surface area contributed by atoms with Gasteiger partial charge in [0, 0.05) is 0 Å². The molecule has 3 aromatic rings. The van der Waals surface area contributed by atoms with Gasteiger partial charge in [0.2, 0.25) is 0 Å². The van der Waals surface area contributed by atoms with Crippen molar-refractivity contribution < 1.29 is 86.5 Å². The molecular weight excluding hydrogens is 696 g/mol. The van der Waals surface area contributed by atoms with E-state index < -0.39 is 61.6 Å². The monoisotopic (exact) mass is 730 g/mol. The standard InChI is InChI=1S/C34H34O18/c1-5-15-34(19-44-31(38)50-47-28(35)22-9-6-12-25(16-22)41-2,20-45-32(39)51-48-29(36)23-10-7-13-26(17-23)42-3)21-46-33(40)52-49-30(37)24-11-8-14-27(18-24)43-4/h6-14,16-18H,5,15,19-21H2,1-4H3. The highest BCUT2D eigenvalue weighted by molar-refractivity contribution is 5.90. The molecule has 0 aliphatic heterocycles. The van der Waals surface area contributed by atoms with Gasteiger partial charge in [0.05, 0.1) is 43.4 Å². The first-order chi connectivity index (χ1) is 25.0. The third kappa shape index (κ3) is 12.6. The number of carbonyl (C=O) groups excluding carboxylic acids is 6. The molecule has 0 N–H and O–H groups in total. The number of hydrogen-bond acceptors (Lipinski definition) is 18. The molecule has 0 atom stereocenters. The van der Waals surface area contributed by atoms with Crippen molar-refractivity contribution >= 4 is 36.4 Å². The zero-order chi connectivity index (χ0) is 37.9. The average molecular weight is 731 g/mol. The summed E-state index contributed by atoms with van der Waals surface area (Å²) < 4.78 is 30.4. The second-order valence-corrected chi connectivity index (χ2v) is 10.4. The molecule has 0 aliphatic rings. The van der Waals surface area contributed by atoms with Crippen molar-refractivity contribution in [3.05, 3.63) is 89.5 Å². The lowest BCUT2D eigenvalue weighted by Crippen LogP contribution is -2.40. The molecule has 3 rings (SSSR count). The van der Waals surface area contributed by atoms with E-state index in [4.69, 9.17) is 28.4 Å². The van der Waals surface area contributed by atoms with Crippen LogP contribution in [-0.2, 0) is 43.5 Å². The smallest absolute Gasteiger partial charge is 0.497 e. The highest BCUT2D eigenvalue weighted by atomic mass is 17.2. The van der Waals surface area contributed by atoms with Gasteiger partial charge in [-0.3, -0.25) is 0 Å². The minimum atomic E-state index is -1.55. The number of rotatable bonds is 14. The van der Waals surface area contributed by atoms with Gasteiger partial charge >= 0.3 is 36.4 Å². The lowest BCUT2D eigenvalue weighted by atomic mass is 9.86. The summed E-state index contributed by atoms with van der Waals surface area (Å²) in [5, 5.41) is 0. The Morgan fingerprint density at radius 3 is 1.06 bits per heavy atom. The minimum absolute atomic E-state index is 0.00879. The SMILES string of the molecule is CCCC(COC(=O)OOC(=O)c1cccc(OC)c1)(COC(=O)OOC(=O)c1cccc(OC)c1)COC(=O)OOC(=O)c1cccc(OC)c1. The van der Waals surface area contributed by atoms with Crippen molar-refractivity contribution in [3.63, 3.8) is 0 Å². The summed E-state index contributed by atoms with van der Waals surface area (Å²) in [7, 11) is 4.16. The van der Waals surface area contributed by atoms with Crippen molar-refractivity contribution in [3.8, 4) is 17.2 Å². The molecule has 0 saturated carbocycles. The Morgan fingerprint density at radius 2 is 0.788 bits per heavy atom. The zero-order valence-corrected chi connectivity index (χ0v) is 28.3. The molecular formula is C34H34O18. The van der Waals surface area contributed by atoms with Crippen LogP contribution in [0.1, 0.15) is 50.8 Å². The van der Waals surface area contributed by atoms with Gasteiger partial charge in [-0.15, -0.1) is 0 Å². The third-order valence-corrected chi connectivity index (χ3v) is 6.74. The van der Waals surface area contributed by atoms with Crippen LogP contribution < -0.4 is 14.2 Å². The van der Waals surface area contributed by atoms with Gasteiger partial charge in [-0.05, 0) is 61.0 Å². The Bertz CT molecular complexity index is 1510. The number of ether oxygens (including phenoxy) is 6. The summed E-state index contributed by atoms with van der Waals surface area (Å²) in [6.07, 6.45) is -4.13. The average Bonchev–Trinajstić information content (AvgIpc) is 3.18. The first kappa shape index (κ1) is 39.7. The van der Waals surface area contributed by atoms with E-state index in [0.717, 1.165) is 0 Å². The molecule has 0 aliphatic carbocycles. The van der Waals surface area contributed by atoms with Crippen LogP contribution in [0.3, 0.4) is 0 Å². The first-order valence-corrected chi connectivity index (χ1v) is 15.1. The van der Waals surface area contributed by atoms with E-state index in [-0.39, 0.29) is 23.1 Å². The highest BCUT2D eigenvalue weighted by Crippen LogP contribution is 2.27. The van der Waals surface area contributed by atoms with Crippen LogP contribution in [0.2, 0.25) is 0 Å². The highest BCUT2D eigenvalue weighted by Gasteiger charge is 2.37. The maximum atomic E-state index is 12.4. The van der Waals surface area contributed by atoms with E-state index >= 15 is 0 Å². The fourth-order valence-electron chi connectivity index (χ4n) is 4.19. The largest absolute Gasteiger partial charge is 0.549 e. The lowest BCUT2D eigenvalue weighted by molar-refractivity contribution is -0.217. The Kier molecular flexibility index (Phi) is 15.3. The van der Waals surface area contributed by atoms with Crippen molar-refractivity contribution in [1.29, 1.82) is 0 Å². The fraction of sp³-hybridized carbons (Fsp3) is 0.294. The first-order valence-electron chi connectivity index (χ1n) is 15.1. The van der Waals surface area contributed by atoms with Crippen LogP contribution in [-0.4, -0.2) is 77.5 Å². The maximum Gasteiger partial charge on any atom is 0.549 e. The molecule has 0 heterocycles. The Morgan fingerprint density at radius 1 is 0.481 bits per heavy atom. The van der Waals surface area contributed by atoms with Gasteiger partial charge < -0.3 is 28.4 Å². The molecule has 0 amide bonds.